The first-order valence-corrected chi connectivity index (χ1v) is 6.67. The maximum atomic E-state index is 12.9. The van der Waals surface area contributed by atoms with Crippen molar-refractivity contribution in [2.24, 2.45) is 5.73 Å². The van der Waals surface area contributed by atoms with E-state index in [-0.39, 0.29) is 18.0 Å². The van der Waals surface area contributed by atoms with Crippen molar-refractivity contribution in [3.63, 3.8) is 0 Å². The predicted molar refractivity (Wildman–Crippen MR) is 73.7 cm³/mol. The van der Waals surface area contributed by atoms with E-state index in [9.17, 15) is 14.4 Å². The van der Waals surface area contributed by atoms with E-state index in [2.05, 4.69) is 11.8 Å². The molecule has 1 aliphatic heterocycles. The number of carbonyl (C=O) groups is 1. The van der Waals surface area contributed by atoms with Crippen LogP contribution < -0.4 is 5.73 Å². The molecule has 21 heavy (non-hydrogen) atoms. The summed E-state index contributed by atoms with van der Waals surface area (Å²) in [7, 11) is 0. The summed E-state index contributed by atoms with van der Waals surface area (Å²) in [4.78, 5) is 10.8. The van der Waals surface area contributed by atoms with Gasteiger partial charge in [0.05, 0.1) is 6.10 Å². The summed E-state index contributed by atoms with van der Waals surface area (Å²) in [6.45, 7) is 1.56. The van der Waals surface area contributed by atoms with Gasteiger partial charge in [0.15, 0.2) is 0 Å². The van der Waals surface area contributed by atoms with Crippen LogP contribution in [0.1, 0.15) is 31.4 Å². The summed E-state index contributed by atoms with van der Waals surface area (Å²) >= 11 is 0. The molecule has 2 rings (SSSR count). The average molecular weight is 292 g/mol. The summed E-state index contributed by atoms with van der Waals surface area (Å²) in [5.74, 6) is 5.32. The van der Waals surface area contributed by atoms with Crippen molar-refractivity contribution >= 4 is 6.03 Å². The molecule has 1 aliphatic rings. The van der Waals surface area contributed by atoms with Crippen LogP contribution in [0.25, 0.3) is 0 Å². The average Bonchev–Trinajstić information content (AvgIpc) is 2.93. The lowest BCUT2D eigenvalue weighted by atomic mass is 10.1. The minimum Gasteiger partial charge on any atom is -0.358 e. The molecule has 0 radical (unpaired) electrons. The van der Waals surface area contributed by atoms with Gasteiger partial charge in [0.1, 0.15) is 18.0 Å². The number of ether oxygens (including phenoxy) is 1. The normalized spacial score (nSPS) is 22.2. The van der Waals surface area contributed by atoms with Crippen LogP contribution in [0.2, 0.25) is 0 Å². The highest BCUT2D eigenvalue weighted by Gasteiger charge is 2.25. The highest BCUT2D eigenvalue weighted by Crippen LogP contribution is 2.32. The van der Waals surface area contributed by atoms with Gasteiger partial charge in [0, 0.05) is 0 Å². The number of hydrogen-bond donors (Lipinski definition) is 2. The summed E-state index contributed by atoms with van der Waals surface area (Å²) in [5.41, 5.74) is 5.85. The number of amides is 2. The fraction of sp³-hybridized carbons (Fsp3) is 0.400. The van der Waals surface area contributed by atoms with E-state index in [0.717, 1.165) is 18.4 Å². The van der Waals surface area contributed by atoms with Gasteiger partial charge < -0.3 is 10.5 Å². The standard InChI is InChI=1S/C15H17FN2O3/c1-10(18(20)15(17)19)2-7-13-8-9-14(21-13)11-3-5-12(16)6-4-11/h3-6,10,13-14,20H,8-9H2,1H3,(H2,17,19)/t10-,13+,14-/m1/s1. The maximum absolute atomic E-state index is 12.9. The number of nitrogens with zero attached hydrogens (tertiary/aromatic N) is 1. The van der Waals surface area contributed by atoms with Crippen molar-refractivity contribution in [1.82, 2.24) is 5.06 Å². The largest absolute Gasteiger partial charge is 0.358 e. The second-order valence-electron chi connectivity index (χ2n) is 4.89. The molecule has 0 unspecified atom stereocenters. The highest BCUT2D eigenvalue weighted by molar-refractivity contribution is 5.71. The van der Waals surface area contributed by atoms with E-state index in [0.29, 0.717) is 5.06 Å². The fourth-order valence-corrected chi connectivity index (χ4v) is 2.13. The summed E-state index contributed by atoms with van der Waals surface area (Å²) in [6.07, 6.45) is 1.15. The first-order chi connectivity index (χ1) is 9.97. The van der Waals surface area contributed by atoms with Crippen molar-refractivity contribution in [1.29, 1.82) is 0 Å². The number of rotatable bonds is 2. The van der Waals surface area contributed by atoms with Gasteiger partial charge in [-0.2, -0.15) is 5.06 Å². The molecule has 0 bridgehead atoms. The van der Waals surface area contributed by atoms with Gasteiger partial charge in [-0.25, -0.2) is 9.18 Å². The lowest BCUT2D eigenvalue weighted by Gasteiger charge is -2.15. The van der Waals surface area contributed by atoms with E-state index in [4.69, 9.17) is 10.5 Å². The Kier molecular flexibility index (Phi) is 4.78. The molecule has 5 nitrogen and oxygen atoms in total. The van der Waals surface area contributed by atoms with Crippen LogP contribution in [0.3, 0.4) is 0 Å². The monoisotopic (exact) mass is 292 g/mol. The molecular weight excluding hydrogens is 275 g/mol. The second-order valence-corrected chi connectivity index (χ2v) is 4.89. The molecule has 2 amide bonds. The summed E-state index contributed by atoms with van der Waals surface area (Å²) in [5, 5.41) is 9.68. The number of halogens is 1. The molecule has 1 fully saturated rings. The van der Waals surface area contributed by atoms with Crippen LogP contribution in [0.15, 0.2) is 24.3 Å². The first kappa shape index (κ1) is 15.3. The number of hydroxylamine groups is 2. The Hall–Kier alpha value is -2.10. The van der Waals surface area contributed by atoms with Gasteiger partial charge in [-0.3, -0.25) is 5.21 Å². The third kappa shape index (κ3) is 3.94. The summed E-state index contributed by atoms with van der Waals surface area (Å²) < 4.78 is 18.6. The Morgan fingerprint density at radius 1 is 1.48 bits per heavy atom. The fourth-order valence-electron chi connectivity index (χ4n) is 2.13. The zero-order valence-corrected chi connectivity index (χ0v) is 11.6. The number of benzene rings is 1. The van der Waals surface area contributed by atoms with Crippen LogP contribution >= 0.6 is 0 Å². The molecule has 112 valence electrons. The van der Waals surface area contributed by atoms with E-state index in [1.807, 2.05) is 0 Å². The molecule has 1 aromatic rings. The Bertz CT molecular complexity index is 565. The van der Waals surface area contributed by atoms with E-state index < -0.39 is 12.1 Å². The van der Waals surface area contributed by atoms with E-state index in [1.54, 1.807) is 19.1 Å². The van der Waals surface area contributed by atoms with Crippen molar-refractivity contribution in [2.75, 3.05) is 0 Å². The van der Waals surface area contributed by atoms with Crippen LogP contribution in [-0.4, -0.2) is 28.4 Å². The van der Waals surface area contributed by atoms with Crippen LogP contribution in [0, 0.1) is 17.7 Å². The number of urea groups is 1. The topological polar surface area (TPSA) is 75.8 Å². The SMILES string of the molecule is C[C@H](C#C[C@H]1CC[C@H](c2ccc(F)cc2)O1)N(O)C(N)=O. The zero-order valence-electron chi connectivity index (χ0n) is 11.6. The van der Waals surface area contributed by atoms with Crippen LogP contribution in [0.5, 0.6) is 0 Å². The molecular formula is C15H17FN2O3. The molecule has 3 N–H and O–H groups in total. The van der Waals surface area contributed by atoms with Gasteiger partial charge in [0.2, 0.25) is 0 Å². The molecule has 0 aromatic heterocycles. The molecule has 0 saturated carbocycles. The van der Waals surface area contributed by atoms with Crippen LogP contribution in [0.4, 0.5) is 9.18 Å². The lowest BCUT2D eigenvalue weighted by Crippen LogP contribution is -2.38. The minimum atomic E-state index is -0.951. The maximum Gasteiger partial charge on any atom is 0.339 e. The van der Waals surface area contributed by atoms with Crippen molar-refractivity contribution in [3.05, 3.63) is 35.6 Å². The van der Waals surface area contributed by atoms with Gasteiger partial charge in [-0.15, -0.1) is 0 Å². The third-order valence-corrected chi connectivity index (χ3v) is 3.31. The number of carbonyl (C=O) groups excluding carboxylic acids is 1. The Morgan fingerprint density at radius 2 is 2.14 bits per heavy atom. The number of hydrogen-bond acceptors (Lipinski definition) is 3. The smallest absolute Gasteiger partial charge is 0.339 e. The first-order valence-electron chi connectivity index (χ1n) is 6.67. The van der Waals surface area contributed by atoms with Crippen LogP contribution in [-0.2, 0) is 4.74 Å². The lowest BCUT2D eigenvalue weighted by molar-refractivity contribution is -0.0537. The highest BCUT2D eigenvalue weighted by atomic mass is 19.1. The molecule has 6 heteroatoms. The molecule has 0 spiro atoms. The molecule has 0 aliphatic carbocycles. The third-order valence-electron chi connectivity index (χ3n) is 3.31. The van der Waals surface area contributed by atoms with E-state index >= 15 is 0 Å². The van der Waals surface area contributed by atoms with Crippen molar-refractivity contribution in [3.8, 4) is 11.8 Å². The Labute approximate surface area is 122 Å². The van der Waals surface area contributed by atoms with Gasteiger partial charge in [0.25, 0.3) is 0 Å². The molecule has 1 heterocycles. The predicted octanol–water partition coefficient (Wildman–Crippen LogP) is 2.21. The van der Waals surface area contributed by atoms with Crippen molar-refractivity contribution < 1.29 is 19.1 Å². The van der Waals surface area contributed by atoms with Gasteiger partial charge in [-0.05, 0) is 37.5 Å². The van der Waals surface area contributed by atoms with Crippen molar-refractivity contribution in [2.45, 2.75) is 38.0 Å². The quantitative estimate of drug-likeness (QED) is 0.498. The Balaban J connectivity index is 1.94. The molecule has 1 saturated heterocycles. The Morgan fingerprint density at radius 3 is 2.76 bits per heavy atom. The van der Waals surface area contributed by atoms with E-state index in [1.165, 1.54) is 12.1 Å². The zero-order chi connectivity index (χ0) is 15.4. The second kappa shape index (κ2) is 6.57. The summed E-state index contributed by atoms with van der Waals surface area (Å²) in [6, 6.07) is 4.54. The number of nitrogens with two attached hydrogens (primary N) is 1. The molecule has 3 atom stereocenters. The van der Waals surface area contributed by atoms with Gasteiger partial charge >= 0.3 is 6.03 Å². The van der Waals surface area contributed by atoms with Gasteiger partial charge in [-0.1, -0.05) is 24.0 Å². The minimum absolute atomic E-state index is 0.110. The number of primary amides is 1. The molecule has 1 aromatic carbocycles.